The van der Waals surface area contributed by atoms with E-state index in [1.165, 1.54) is 0 Å². The number of benzene rings is 1. The molecule has 7 nitrogen and oxygen atoms in total. The van der Waals surface area contributed by atoms with Gasteiger partial charge in [-0.1, -0.05) is 36.4 Å². The molecule has 0 amide bonds. The Morgan fingerprint density at radius 3 is 2.00 bits per heavy atom. The van der Waals surface area contributed by atoms with Gasteiger partial charge in [0.25, 0.3) is 0 Å². The van der Waals surface area contributed by atoms with Crippen molar-refractivity contribution in [2.45, 2.75) is 6.92 Å². The third-order valence-corrected chi connectivity index (χ3v) is 2.00. The Kier molecular flexibility index (Phi) is 10.9. The van der Waals surface area contributed by atoms with Crippen molar-refractivity contribution < 1.29 is 9.84 Å². The molecule has 2 aromatic rings. The van der Waals surface area contributed by atoms with Crippen LogP contribution < -0.4 is 11.5 Å². The monoisotopic (exact) mass is 305 g/mol. The normalized spacial score (nSPS) is 8.86. The third-order valence-electron chi connectivity index (χ3n) is 2.00. The fourth-order valence-electron chi connectivity index (χ4n) is 1.22. The molecule has 7 heteroatoms. The molecule has 1 aromatic carbocycles. The van der Waals surface area contributed by atoms with Gasteiger partial charge in [0.2, 0.25) is 11.9 Å². The van der Waals surface area contributed by atoms with Gasteiger partial charge in [0.1, 0.15) is 0 Å². The van der Waals surface area contributed by atoms with Crippen LogP contribution in [-0.2, 0) is 4.74 Å². The second kappa shape index (κ2) is 12.2. The molecule has 1 heterocycles. The third kappa shape index (κ3) is 8.62. The molecule has 2 rings (SSSR count). The summed E-state index contributed by atoms with van der Waals surface area (Å²) in [4.78, 5) is 11.7. The second-order valence-corrected chi connectivity index (χ2v) is 3.87. The highest BCUT2D eigenvalue weighted by atomic mass is 16.5. The molecule has 1 aromatic heterocycles. The molecule has 0 radical (unpaired) electrons. The molecule has 0 atom stereocenters. The van der Waals surface area contributed by atoms with Gasteiger partial charge in [0.15, 0.2) is 5.82 Å². The number of hydrogen-bond donors (Lipinski definition) is 3. The highest BCUT2D eigenvalue weighted by Gasteiger charge is 2.03. The van der Waals surface area contributed by atoms with Crippen LogP contribution in [0.2, 0.25) is 0 Å². The number of rotatable bonds is 3. The number of ether oxygens (including phenoxy) is 1. The number of aliphatic hydroxyl groups excluding tert-OH is 1. The van der Waals surface area contributed by atoms with Gasteiger partial charge in [0.05, 0.1) is 13.2 Å². The van der Waals surface area contributed by atoms with Gasteiger partial charge >= 0.3 is 0 Å². The maximum atomic E-state index is 7.94. The second-order valence-electron chi connectivity index (χ2n) is 3.87. The van der Waals surface area contributed by atoms with Gasteiger partial charge in [0, 0.05) is 12.7 Å². The molecule has 0 saturated carbocycles. The lowest BCUT2D eigenvalue weighted by atomic mass is 10.2. The van der Waals surface area contributed by atoms with E-state index >= 15 is 0 Å². The average Bonchev–Trinajstić information content (AvgIpc) is 2.49. The molecular formula is C15H23N5O2. The van der Waals surface area contributed by atoms with E-state index in [1.807, 2.05) is 37.3 Å². The van der Waals surface area contributed by atoms with Crippen LogP contribution in [0.5, 0.6) is 0 Å². The molecule has 0 unspecified atom stereocenters. The number of aromatic nitrogens is 3. The van der Waals surface area contributed by atoms with Gasteiger partial charge in [-0.15, -0.1) is 6.58 Å². The lowest BCUT2D eigenvalue weighted by molar-refractivity contribution is 0.135. The van der Waals surface area contributed by atoms with Crippen LogP contribution in [0.25, 0.3) is 11.4 Å². The molecule has 0 saturated heterocycles. The molecule has 0 spiro atoms. The lowest BCUT2D eigenvalue weighted by Crippen LogP contribution is -2.04. The first-order valence-corrected chi connectivity index (χ1v) is 6.58. The number of nitrogen functional groups attached to an aromatic ring is 2. The fraction of sp³-hybridized carbons (Fsp3) is 0.267. The Morgan fingerprint density at radius 1 is 1.14 bits per heavy atom. The summed E-state index contributed by atoms with van der Waals surface area (Å²) in [7, 11) is 1.55. The summed E-state index contributed by atoms with van der Waals surface area (Å²) in [6.07, 6.45) is 1.75. The van der Waals surface area contributed by atoms with Crippen LogP contribution >= 0.6 is 0 Å². The molecule has 120 valence electrons. The van der Waals surface area contributed by atoms with Crippen LogP contribution in [0.1, 0.15) is 6.92 Å². The number of methoxy groups -OCH3 is 1. The van der Waals surface area contributed by atoms with Gasteiger partial charge in [-0.25, -0.2) is 0 Å². The van der Waals surface area contributed by atoms with Crippen molar-refractivity contribution in [1.29, 1.82) is 0 Å². The lowest BCUT2D eigenvalue weighted by Gasteiger charge is -2.00. The van der Waals surface area contributed by atoms with E-state index in [4.69, 9.17) is 16.6 Å². The largest absolute Gasteiger partial charge is 0.394 e. The predicted molar refractivity (Wildman–Crippen MR) is 88.9 cm³/mol. The van der Waals surface area contributed by atoms with Crippen molar-refractivity contribution >= 4 is 11.9 Å². The van der Waals surface area contributed by atoms with Crippen molar-refractivity contribution in [2.75, 3.05) is 31.8 Å². The van der Waals surface area contributed by atoms with Crippen LogP contribution in [0.4, 0.5) is 11.9 Å². The maximum Gasteiger partial charge on any atom is 0.225 e. The van der Waals surface area contributed by atoms with E-state index in [-0.39, 0.29) is 18.5 Å². The van der Waals surface area contributed by atoms with Gasteiger partial charge in [-0.3, -0.25) is 0 Å². The first-order chi connectivity index (χ1) is 10.6. The number of hydrogen-bond acceptors (Lipinski definition) is 7. The van der Waals surface area contributed by atoms with Crippen LogP contribution in [0.15, 0.2) is 43.0 Å². The van der Waals surface area contributed by atoms with Crippen molar-refractivity contribution in [2.24, 2.45) is 0 Å². The first kappa shape index (κ1) is 19.5. The Labute approximate surface area is 130 Å². The minimum Gasteiger partial charge on any atom is -0.394 e. The number of nitrogens with zero attached hydrogens (tertiary/aromatic N) is 3. The Hall–Kier alpha value is -2.51. The Morgan fingerprint density at radius 2 is 1.64 bits per heavy atom. The zero-order valence-electron chi connectivity index (χ0n) is 12.9. The summed E-state index contributed by atoms with van der Waals surface area (Å²) in [6.45, 7) is 5.82. The highest BCUT2D eigenvalue weighted by Crippen LogP contribution is 2.14. The van der Waals surface area contributed by atoms with Crippen molar-refractivity contribution in [3.8, 4) is 11.4 Å². The summed E-state index contributed by atoms with van der Waals surface area (Å²) in [5.41, 5.74) is 11.8. The molecule has 22 heavy (non-hydrogen) atoms. The maximum absolute atomic E-state index is 7.94. The van der Waals surface area contributed by atoms with Crippen LogP contribution in [0.3, 0.4) is 0 Å². The van der Waals surface area contributed by atoms with E-state index < -0.39 is 0 Å². The summed E-state index contributed by atoms with van der Waals surface area (Å²) in [5, 5.41) is 7.94. The quantitative estimate of drug-likeness (QED) is 0.735. The fourth-order valence-corrected chi connectivity index (χ4v) is 1.22. The predicted octanol–water partition coefficient (Wildman–Crippen LogP) is 1.52. The zero-order valence-corrected chi connectivity index (χ0v) is 12.9. The number of anilines is 2. The van der Waals surface area contributed by atoms with E-state index in [0.29, 0.717) is 12.4 Å². The van der Waals surface area contributed by atoms with Crippen LogP contribution in [0, 0.1) is 0 Å². The Bertz CT molecular complexity index is 512. The van der Waals surface area contributed by atoms with Crippen LogP contribution in [-0.4, -0.2) is 40.4 Å². The summed E-state index contributed by atoms with van der Waals surface area (Å²) >= 11 is 0. The molecule has 0 aliphatic carbocycles. The van der Waals surface area contributed by atoms with Gasteiger partial charge in [-0.2, -0.15) is 15.0 Å². The van der Waals surface area contributed by atoms with Crippen molar-refractivity contribution in [1.82, 2.24) is 15.0 Å². The summed E-state index contributed by atoms with van der Waals surface area (Å²) in [5.74, 6) is 0.767. The van der Waals surface area contributed by atoms with Crippen molar-refractivity contribution in [3.05, 3.63) is 43.0 Å². The molecule has 0 bridgehead atoms. The number of allylic oxidation sites excluding steroid dienone is 1. The summed E-state index contributed by atoms with van der Waals surface area (Å²) < 4.78 is 4.44. The molecule has 0 aliphatic rings. The molecular weight excluding hydrogens is 282 g/mol. The smallest absolute Gasteiger partial charge is 0.225 e. The van der Waals surface area contributed by atoms with Crippen molar-refractivity contribution in [3.63, 3.8) is 0 Å². The van der Waals surface area contributed by atoms with E-state index in [2.05, 4.69) is 26.3 Å². The summed E-state index contributed by atoms with van der Waals surface area (Å²) in [6, 6.07) is 9.47. The highest BCUT2D eigenvalue weighted by molar-refractivity contribution is 5.56. The minimum absolute atomic E-state index is 0.122. The number of aliphatic hydroxyl groups is 1. The SMILES string of the molecule is C=CC.COCCO.Nc1nc(N)nc(-c2ccccc2)n1. The minimum atomic E-state index is 0.122. The molecule has 0 aliphatic heterocycles. The zero-order chi connectivity index (χ0) is 16.8. The standard InChI is InChI=1S/C9H9N5.C3H8O2.C3H6/c10-8-12-7(13-9(11)14-8)6-4-2-1-3-5-6;1-5-3-2-4;1-3-2/h1-5H,(H4,10,11,12,13,14);4H,2-3H2,1H3;3H,1H2,2H3. The van der Waals surface area contributed by atoms with Gasteiger partial charge < -0.3 is 21.3 Å². The topological polar surface area (TPSA) is 120 Å². The number of nitrogens with two attached hydrogens (primary N) is 2. The van der Waals surface area contributed by atoms with E-state index in [9.17, 15) is 0 Å². The first-order valence-electron chi connectivity index (χ1n) is 6.58. The van der Waals surface area contributed by atoms with E-state index in [0.717, 1.165) is 5.56 Å². The van der Waals surface area contributed by atoms with Gasteiger partial charge in [-0.05, 0) is 6.92 Å². The molecule has 0 fully saturated rings. The Balaban J connectivity index is 0.000000465. The molecule has 5 N–H and O–H groups in total. The van der Waals surface area contributed by atoms with E-state index in [1.54, 1.807) is 13.2 Å². The average molecular weight is 305 g/mol.